The van der Waals surface area contributed by atoms with Crippen molar-refractivity contribution >= 4 is 21.4 Å². The standard InChI is InChI=1S/C14H14N2O5S/c1-10-7-8-11(21-2)9-12(10)15-22(19,20)14-6-4-3-5-13(14)16(17)18/h3-9,15H,1-2H3. The van der Waals surface area contributed by atoms with Crippen LogP contribution in [0.4, 0.5) is 11.4 Å². The maximum Gasteiger partial charge on any atom is 0.289 e. The summed E-state index contributed by atoms with van der Waals surface area (Å²) in [5, 5.41) is 11.0. The number of hydrogen-bond donors (Lipinski definition) is 1. The van der Waals surface area contributed by atoms with E-state index in [0.29, 0.717) is 17.0 Å². The van der Waals surface area contributed by atoms with Crippen molar-refractivity contribution in [3.8, 4) is 5.75 Å². The summed E-state index contributed by atoms with van der Waals surface area (Å²) in [5.74, 6) is 0.478. The number of nitrogens with one attached hydrogen (secondary N) is 1. The van der Waals surface area contributed by atoms with Crippen molar-refractivity contribution in [1.82, 2.24) is 0 Å². The van der Waals surface area contributed by atoms with Crippen molar-refractivity contribution < 1.29 is 18.1 Å². The third-order valence-corrected chi connectivity index (χ3v) is 4.45. The number of aryl methyl sites for hydroxylation is 1. The molecule has 2 aromatic carbocycles. The van der Waals surface area contributed by atoms with E-state index in [0.717, 1.165) is 6.07 Å². The van der Waals surface area contributed by atoms with E-state index in [4.69, 9.17) is 4.74 Å². The van der Waals surface area contributed by atoms with E-state index >= 15 is 0 Å². The van der Waals surface area contributed by atoms with Crippen molar-refractivity contribution in [2.75, 3.05) is 11.8 Å². The summed E-state index contributed by atoms with van der Waals surface area (Å²) >= 11 is 0. The lowest BCUT2D eigenvalue weighted by Gasteiger charge is -2.12. The van der Waals surface area contributed by atoms with Gasteiger partial charge in [-0.05, 0) is 24.6 Å². The van der Waals surface area contributed by atoms with Gasteiger partial charge in [0, 0.05) is 12.1 Å². The average molecular weight is 322 g/mol. The Bertz CT molecular complexity index is 818. The first kappa shape index (κ1) is 15.8. The van der Waals surface area contributed by atoms with Crippen molar-refractivity contribution in [1.29, 1.82) is 0 Å². The summed E-state index contributed by atoms with van der Waals surface area (Å²) in [5.41, 5.74) is 0.496. The average Bonchev–Trinajstić information content (AvgIpc) is 2.49. The summed E-state index contributed by atoms with van der Waals surface area (Å²) in [6, 6.07) is 10.1. The lowest BCUT2D eigenvalue weighted by molar-refractivity contribution is -0.387. The predicted molar refractivity (Wildman–Crippen MR) is 81.6 cm³/mol. The van der Waals surface area contributed by atoms with Crippen LogP contribution in [0.15, 0.2) is 47.4 Å². The molecule has 2 aromatic rings. The number of nitrogens with zero attached hydrogens (tertiary/aromatic N) is 1. The predicted octanol–water partition coefficient (Wildman–Crippen LogP) is 2.71. The number of methoxy groups -OCH3 is 1. The Morgan fingerprint density at radius 1 is 1.18 bits per heavy atom. The number of benzene rings is 2. The minimum absolute atomic E-state index is 0.303. The molecule has 0 saturated carbocycles. The molecule has 0 amide bonds. The van der Waals surface area contributed by atoms with E-state index in [1.54, 1.807) is 19.1 Å². The zero-order chi connectivity index (χ0) is 16.3. The van der Waals surface area contributed by atoms with Gasteiger partial charge in [-0.1, -0.05) is 18.2 Å². The fourth-order valence-electron chi connectivity index (χ4n) is 1.87. The number of sulfonamides is 1. The van der Waals surface area contributed by atoms with Crippen molar-refractivity contribution in [3.05, 3.63) is 58.1 Å². The maximum atomic E-state index is 12.4. The van der Waals surface area contributed by atoms with Gasteiger partial charge in [-0.2, -0.15) is 0 Å². The van der Waals surface area contributed by atoms with Gasteiger partial charge in [0.05, 0.1) is 17.7 Å². The molecule has 0 bridgehead atoms. The summed E-state index contributed by atoms with van der Waals surface area (Å²) in [6.07, 6.45) is 0. The Morgan fingerprint density at radius 3 is 2.50 bits per heavy atom. The zero-order valence-corrected chi connectivity index (χ0v) is 12.8. The number of hydrogen-bond acceptors (Lipinski definition) is 5. The van der Waals surface area contributed by atoms with Gasteiger partial charge < -0.3 is 4.74 Å². The smallest absolute Gasteiger partial charge is 0.289 e. The van der Waals surface area contributed by atoms with E-state index in [9.17, 15) is 18.5 Å². The molecular formula is C14H14N2O5S. The maximum absolute atomic E-state index is 12.4. The summed E-state index contributed by atoms with van der Waals surface area (Å²) in [4.78, 5) is 9.87. The van der Waals surface area contributed by atoms with Crippen molar-refractivity contribution in [3.63, 3.8) is 0 Å². The van der Waals surface area contributed by atoms with E-state index in [2.05, 4.69) is 4.72 Å². The Balaban J connectivity index is 2.47. The van der Waals surface area contributed by atoms with Crippen LogP contribution in [0, 0.1) is 17.0 Å². The number of rotatable bonds is 5. The van der Waals surface area contributed by atoms with Crippen LogP contribution in [0.25, 0.3) is 0 Å². The van der Waals surface area contributed by atoms with Gasteiger partial charge in [0.1, 0.15) is 5.75 Å². The quantitative estimate of drug-likeness (QED) is 0.674. The molecule has 2 rings (SSSR count). The highest BCUT2D eigenvalue weighted by Gasteiger charge is 2.25. The van der Waals surface area contributed by atoms with Gasteiger partial charge in [0.2, 0.25) is 0 Å². The molecule has 0 fully saturated rings. The second kappa shape index (κ2) is 6.02. The van der Waals surface area contributed by atoms with Gasteiger partial charge in [-0.25, -0.2) is 8.42 Å². The van der Waals surface area contributed by atoms with Crippen molar-refractivity contribution in [2.24, 2.45) is 0 Å². The van der Waals surface area contributed by atoms with Crippen LogP contribution < -0.4 is 9.46 Å². The molecule has 0 aliphatic carbocycles. The molecule has 116 valence electrons. The van der Waals surface area contributed by atoms with Crippen LogP contribution in [0.5, 0.6) is 5.75 Å². The zero-order valence-electron chi connectivity index (χ0n) is 11.9. The van der Waals surface area contributed by atoms with Crippen molar-refractivity contribution in [2.45, 2.75) is 11.8 Å². The SMILES string of the molecule is COc1ccc(C)c(NS(=O)(=O)c2ccccc2[N+](=O)[O-])c1. The summed E-state index contributed by atoms with van der Waals surface area (Å²) < 4.78 is 32.3. The molecule has 0 aliphatic heterocycles. The molecule has 22 heavy (non-hydrogen) atoms. The molecule has 7 nitrogen and oxygen atoms in total. The van der Waals surface area contributed by atoms with Crippen LogP contribution in [0.3, 0.4) is 0 Å². The molecule has 0 unspecified atom stereocenters. The Hall–Kier alpha value is -2.61. The highest BCUT2D eigenvalue weighted by molar-refractivity contribution is 7.92. The first-order valence-electron chi connectivity index (χ1n) is 6.26. The third kappa shape index (κ3) is 3.17. The number of anilines is 1. The van der Waals surface area contributed by atoms with Crippen LogP contribution in [-0.4, -0.2) is 20.5 Å². The highest BCUT2D eigenvalue weighted by Crippen LogP contribution is 2.28. The normalized spacial score (nSPS) is 11.0. The van der Waals surface area contributed by atoms with Gasteiger partial charge in [-0.15, -0.1) is 0 Å². The Labute approximate surface area is 127 Å². The highest BCUT2D eigenvalue weighted by atomic mass is 32.2. The number of ether oxygens (including phenoxy) is 1. The molecule has 0 spiro atoms. The van der Waals surface area contributed by atoms with Crippen LogP contribution >= 0.6 is 0 Å². The lowest BCUT2D eigenvalue weighted by Crippen LogP contribution is -2.15. The third-order valence-electron chi connectivity index (χ3n) is 3.04. The van der Waals surface area contributed by atoms with Gasteiger partial charge in [0.25, 0.3) is 15.7 Å². The molecule has 0 aromatic heterocycles. The molecule has 0 aliphatic rings. The number of nitro groups is 1. The Kier molecular flexibility index (Phi) is 4.32. The van der Waals surface area contributed by atoms with E-state index in [-0.39, 0.29) is 4.90 Å². The molecule has 8 heteroatoms. The Morgan fingerprint density at radius 2 is 1.86 bits per heavy atom. The van der Waals surface area contributed by atoms with Gasteiger partial charge in [0.15, 0.2) is 4.90 Å². The van der Waals surface area contributed by atoms with Gasteiger partial charge >= 0.3 is 0 Å². The number of para-hydroxylation sites is 1. The van der Waals surface area contributed by atoms with E-state index < -0.39 is 20.6 Å². The van der Waals surface area contributed by atoms with Crippen LogP contribution in [0.1, 0.15) is 5.56 Å². The monoisotopic (exact) mass is 322 g/mol. The molecular weight excluding hydrogens is 308 g/mol. The lowest BCUT2D eigenvalue weighted by atomic mass is 10.2. The molecule has 0 saturated heterocycles. The molecule has 0 radical (unpaired) electrons. The van der Waals surface area contributed by atoms with E-state index in [1.165, 1.54) is 31.4 Å². The largest absolute Gasteiger partial charge is 0.497 e. The topological polar surface area (TPSA) is 98.5 Å². The molecule has 1 N–H and O–H groups in total. The minimum atomic E-state index is -4.08. The second-order valence-corrected chi connectivity index (χ2v) is 6.16. The van der Waals surface area contributed by atoms with E-state index in [1.807, 2.05) is 0 Å². The molecule has 0 heterocycles. The minimum Gasteiger partial charge on any atom is -0.497 e. The fraction of sp³-hybridized carbons (Fsp3) is 0.143. The fourth-order valence-corrected chi connectivity index (χ4v) is 3.17. The molecule has 0 atom stereocenters. The van der Waals surface area contributed by atoms with Crippen LogP contribution in [0.2, 0.25) is 0 Å². The summed E-state index contributed by atoms with van der Waals surface area (Å²) in [6.45, 7) is 1.72. The van der Waals surface area contributed by atoms with Gasteiger partial charge in [-0.3, -0.25) is 14.8 Å². The first-order chi connectivity index (χ1) is 10.3. The second-order valence-electron chi connectivity index (χ2n) is 4.51. The summed E-state index contributed by atoms with van der Waals surface area (Å²) in [7, 11) is -2.62. The number of nitro benzene ring substituents is 1. The van der Waals surface area contributed by atoms with Crippen LogP contribution in [-0.2, 0) is 10.0 Å². The first-order valence-corrected chi connectivity index (χ1v) is 7.74.